The number of hydrogen-bond donors (Lipinski definition) is 1. The summed E-state index contributed by atoms with van der Waals surface area (Å²) in [5.74, 6) is -1.39. The number of hydrogen-bond acceptors (Lipinski definition) is 3. The fourth-order valence-corrected chi connectivity index (χ4v) is 2.13. The second-order valence-corrected chi connectivity index (χ2v) is 5.83. The zero-order valence-corrected chi connectivity index (χ0v) is 11.5. The van der Waals surface area contributed by atoms with Gasteiger partial charge in [-0.2, -0.15) is 13.2 Å². The van der Waals surface area contributed by atoms with Crippen LogP contribution < -0.4 is 5.73 Å². The van der Waals surface area contributed by atoms with E-state index >= 15 is 0 Å². The third kappa shape index (κ3) is 4.56. The molecule has 1 heterocycles. The predicted molar refractivity (Wildman–Crippen MR) is 64.6 cm³/mol. The Bertz CT molecular complexity index is 326. The van der Waals surface area contributed by atoms with Crippen LogP contribution in [-0.2, 0) is 4.74 Å². The largest absolute Gasteiger partial charge is 0.444 e. The molecule has 112 valence electrons. The highest BCUT2D eigenvalue weighted by Gasteiger charge is 2.45. The topological polar surface area (TPSA) is 55.6 Å². The standard InChI is InChI=1S/C12H21F3N2O2/c1-11(2,3)19-10(18)17-5-4-8(12(13,14)15)6-9(17)7-16/h8-9H,4-7,16H2,1-3H3/t8-,9+/m1/s1. The molecule has 7 heteroatoms. The molecule has 0 spiro atoms. The van der Waals surface area contributed by atoms with Crippen LogP contribution in [0.25, 0.3) is 0 Å². The summed E-state index contributed by atoms with van der Waals surface area (Å²) in [6.45, 7) is 5.17. The van der Waals surface area contributed by atoms with Gasteiger partial charge < -0.3 is 15.4 Å². The predicted octanol–water partition coefficient (Wildman–Crippen LogP) is 2.52. The number of carbonyl (C=O) groups is 1. The monoisotopic (exact) mass is 282 g/mol. The fraction of sp³-hybridized carbons (Fsp3) is 0.917. The van der Waals surface area contributed by atoms with Crippen LogP contribution in [0.15, 0.2) is 0 Å². The first kappa shape index (κ1) is 16.1. The van der Waals surface area contributed by atoms with E-state index in [1.54, 1.807) is 20.8 Å². The maximum Gasteiger partial charge on any atom is 0.410 e. The number of nitrogens with zero attached hydrogens (tertiary/aromatic N) is 1. The van der Waals surface area contributed by atoms with E-state index in [9.17, 15) is 18.0 Å². The van der Waals surface area contributed by atoms with Gasteiger partial charge >= 0.3 is 12.3 Å². The van der Waals surface area contributed by atoms with E-state index in [0.717, 1.165) is 0 Å². The van der Waals surface area contributed by atoms with Gasteiger partial charge in [0, 0.05) is 19.1 Å². The number of ether oxygens (including phenoxy) is 1. The maximum absolute atomic E-state index is 12.7. The van der Waals surface area contributed by atoms with Gasteiger partial charge in [0.25, 0.3) is 0 Å². The average Bonchev–Trinajstić information content (AvgIpc) is 2.24. The van der Waals surface area contributed by atoms with Crippen molar-refractivity contribution in [1.82, 2.24) is 4.90 Å². The second kappa shape index (κ2) is 5.56. The minimum absolute atomic E-state index is 0.00578. The van der Waals surface area contributed by atoms with Crippen molar-refractivity contribution >= 4 is 6.09 Å². The molecule has 0 radical (unpaired) electrons. The third-order valence-corrected chi connectivity index (χ3v) is 3.08. The Morgan fingerprint density at radius 2 is 1.95 bits per heavy atom. The van der Waals surface area contributed by atoms with Crippen LogP contribution in [0.1, 0.15) is 33.6 Å². The molecule has 1 saturated heterocycles. The van der Waals surface area contributed by atoms with Crippen LogP contribution in [0, 0.1) is 5.92 Å². The molecule has 0 unspecified atom stereocenters. The van der Waals surface area contributed by atoms with Crippen molar-refractivity contribution in [3.05, 3.63) is 0 Å². The van der Waals surface area contributed by atoms with Crippen LogP contribution in [0.4, 0.5) is 18.0 Å². The molecule has 0 saturated carbocycles. The lowest BCUT2D eigenvalue weighted by Crippen LogP contribution is -2.52. The zero-order chi connectivity index (χ0) is 14.8. The van der Waals surface area contributed by atoms with Gasteiger partial charge in [-0.05, 0) is 33.6 Å². The highest BCUT2D eigenvalue weighted by atomic mass is 19.4. The van der Waals surface area contributed by atoms with Crippen LogP contribution in [-0.4, -0.2) is 41.9 Å². The molecule has 0 aromatic carbocycles. The summed E-state index contributed by atoms with van der Waals surface area (Å²) < 4.78 is 43.2. The highest BCUT2D eigenvalue weighted by molar-refractivity contribution is 5.68. The van der Waals surface area contributed by atoms with Crippen molar-refractivity contribution in [1.29, 1.82) is 0 Å². The van der Waals surface area contributed by atoms with E-state index in [4.69, 9.17) is 10.5 Å². The Labute approximate surface area is 111 Å². The van der Waals surface area contributed by atoms with Gasteiger partial charge in [-0.15, -0.1) is 0 Å². The van der Waals surface area contributed by atoms with Crippen molar-refractivity contribution in [2.75, 3.05) is 13.1 Å². The Morgan fingerprint density at radius 3 is 2.37 bits per heavy atom. The van der Waals surface area contributed by atoms with Crippen molar-refractivity contribution < 1.29 is 22.7 Å². The average molecular weight is 282 g/mol. The summed E-state index contributed by atoms with van der Waals surface area (Å²) in [4.78, 5) is 13.2. The van der Waals surface area contributed by atoms with Crippen LogP contribution >= 0.6 is 0 Å². The van der Waals surface area contributed by atoms with E-state index < -0.39 is 29.8 Å². The minimum Gasteiger partial charge on any atom is -0.444 e. The van der Waals surface area contributed by atoms with Gasteiger partial charge in [-0.1, -0.05) is 0 Å². The number of likely N-dealkylation sites (tertiary alicyclic amines) is 1. The summed E-state index contributed by atoms with van der Waals surface area (Å²) >= 11 is 0. The van der Waals surface area contributed by atoms with E-state index in [1.807, 2.05) is 0 Å². The molecule has 1 fully saturated rings. The molecule has 0 aromatic heterocycles. The minimum atomic E-state index is -4.23. The first-order valence-electron chi connectivity index (χ1n) is 6.31. The number of halogens is 3. The Balaban J connectivity index is 2.70. The van der Waals surface area contributed by atoms with Gasteiger partial charge in [0.2, 0.25) is 0 Å². The van der Waals surface area contributed by atoms with Crippen LogP contribution in [0.5, 0.6) is 0 Å². The van der Waals surface area contributed by atoms with Gasteiger partial charge in [-0.25, -0.2) is 4.79 Å². The molecule has 0 bridgehead atoms. The summed E-state index contributed by atoms with van der Waals surface area (Å²) in [7, 11) is 0. The van der Waals surface area contributed by atoms with Crippen LogP contribution in [0.2, 0.25) is 0 Å². The summed E-state index contributed by atoms with van der Waals surface area (Å²) in [6.07, 6.45) is -5.07. The van der Waals surface area contributed by atoms with Crippen molar-refractivity contribution in [3.63, 3.8) is 0 Å². The molecular weight excluding hydrogens is 261 g/mol. The van der Waals surface area contributed by atoms with Gasteiger partial charge in [0.05, 0.1) is 5.92 Å². The van der Waals surface area contributed by atoms with Crippen LogP contribution in [0.3, 0.4) is 0 Å². The third-order valence-electron chi connectivity index (χ3n) is 3.08. The smallest absolute Gasteiger partial charge is 0.410 e. The molecule has 1 aliphatic rings. The summed E-state index contributed by atoms with van der Waals surface area (Å²) in [5.41, 5.74) is 4.81. The molecule has 0 aromatic rings. The molecule has 4 nitrogen and oxygen atoms in total. The Kier molecular flexibility index (Phi) is 4.71. The Hall–Kier alpha value is -0.980. The highest BCUT2D eigenvalue weighted by Crippen LogP contribution is 2.36. The number of rotatable bonds is 1. The number of nitrogens with two attached hydrogens (primary N) is 1. The quantitative estimate of drug-likeness (QED) is 0.804. The van der Waals surface area contributed by atoms with Gasteiger partial charge in [0.15, 0.2) is 0 Å². The van der Waals surface area contributed by atoms with Gasteiger partial charge in [0.1, 0.15) is 5.60 Å². The van der Waals surface area contributed by atoms with Crippen molar-refractivity contribution in [2.45, 2.75) is 51.4 Å². The SMILES string of the molecule is CC(C)(C)OC(=O)N1CC[C@@H](C(F)(F)F)C[C@H]1CN. The first-order valence-corrected chi connectivity index (χ1v) is 6.31. The number of amides is 1. The maximum atomic E-state index is 12.7. The molecule has 0 aliphatic carbocycles. The van der Waals surface area contributed by atoms with E-state index in [1.165, 1.54) is 4.90 Å². The number of carbonyl (C=O) groups excluding carboxylic acids is 1. The molecule has 2 N–H and O–H groups in total. The molecule has 19 heavy (non-hydrogen) atoms. The van der Waals surface area contributed by atoms with E-state index in [0.29, 0.717) is 0 Å². The lowest BCUT2D eigenvalue weighted by Gasteiger charge is -2.39. The van der Waals surface area contributed by atoms with E-state index in [2.05, 4.69) is 0 Å². The molecule has 1 aliphatic heterocycles. The molecule has 1 amide bonds. The van der Waals surface area contributed by atoms with Crippen molar-refractivity contribution in [2.24, 2.45) is 11.7 Å². The molecule has 1 rings (SSSR count). The van der Waals surface area contributed by atoms with E-state index in [-0.39, 0.29) is 25.9 Å². The zero-order valence-electron chi connectivity index (χ0n) is 11.5. The number of piperidine rings is 1. The van der Waals surface area contributed by atoms with Crippen molar-refractivity contribution in [3.8, 4) is 0 Å². The number of alkyl halides is 3. The normalized spacial score (nSPS) is 25.3. The Morgan fingerprint density at radius 1 is 1.37 bits per heavy atom. The summed E-state index contributed by atoms with van der Waals surface area (Å²) in [6, 6.07) is -0.616. The lowest BCUT2D eigenvalue weighted by molar-refractivity contribution is -0.188. The second-order valence-electron chi connectivity index (χ2n) is 5.83. The lowest BCUT2D eigenvalue weighted by atomic mass is 9.90. The first-order chi connectivity index (χ1) is 8.54. The molecular formula is C12H21F3N2O2. The fourth-order valence-electron chi connectivity index (χ4n) is 2.13. The summed E-state index contributed by atoms with van der Waals surface area (Å²) in [5, 5.41) is 0. The van der Waals surface area contributed by atoms with Gasteiger partial charge in [-0.3, -0.25) is 0 Å². The molecule has 2 atom stereocenters.